The number of nitrogens with zero attached hydrogens (tertiary/aromatic N) is 1. The quantitative estimate of drug-likeness (QED) is 0.496. The maximum Gasteiger partial charge on any atom is 0.265 e. The zero-order valence-corrected chi connectivity index (χ0v) is 12.3. The molecule has 1 saturated heterocycles. The number of carbonyl (C=O) groups is 1. The van der Waals surface area contributed by atoms with Crippen LogP contribution in [0.2, 0.25) is 0 Å². The lowest BCUT2D eigenvalue weighted by atomic mass is 10.0. The molecule has 1 fully saturated rings. The van der Waals surface area contributed by atoms with E-state index in [-0.39, 0.29) is 17.6 Å². The van der Waals surface area contributed by atoms with Crippen LogP contribution < -0.4 is 11.3 Å². The van der Waals surface area contributed by atoms with Crippen LogP contribution in [-0.2, 0) is 11.3 Å². The largest absolute Gasteiger partial charge is 0.370 e. The van der Waals surface area contributed by atoms with Gasteiger partial charge in [-0.1, -0.05) is 18.2 Å². The molecule has 1 unspecified atom stereocenters. The van der Waals surface area contributed by atoms with Crippen molar-refractivity contribution in [2.24, 2.45) is 5.84 Å². The molecule has 1 atom stereocenters. The van der Waals surface area contributed by atoms with Gasteiger partial charge in [0.15, 0.2) is 0 Å². The zero-order chi connectivity index (χ0) is 14.8. The molecule has 110 valence electrons. The van der Waals surface area contributed by atoms with E-state index in [2.05, 4.69) is 31.1 Å². The van der Waals surface area contributed by atoms with Crippen molar-refractivity contribution in [3.63, 3.8) is 0 Å². The Bertz CT molecular complexity index is 488. The third-order valence-electron chi connectivity index (χ3n) is 3.43. The molecule has 1 heterocycles. The summed E-state index contributed by atoms with van der Waals surface area (Å²) in [6, 6.07) is 7.56. The van der Waals surface area contributed by atoms with E-state index in [1.54, 1.807) is 6.07 Å². The van der Waals surface area contributed by atoms with Gasteiger partial charge in [-0.2, -0.15) is 0 Å². The van der Waals surface area contributed by atoms with Gasteiger partial charge in [-0.05, 0) is 32.4 Å². The third-order valence-corrected chi connectivity index (χ3v) is 3.43. The molecule has 1 aliphatic heterocycles. The van der Waals surface area contributed by atoms with Crippen LogP contribution in [-0.4, -0.2) is 35.6 Å². The number of amides is 1. The predicted octanol–water partition coefficient (Wildman–Crippen LogP) is 1.29. The van der Waals surface area contributed by atoms with E-state index >= 15 is 0 Å². The molecule has 2 rings (SSSR count). The molecule has 0 radical (unpaired) electrons. The first-order valence-electron chi connectivity index (χ1n) is 6.90. The van der Waals surface area contributed by atoms with E-state index in [0.29, 0.717) is 5.56 Å². The first-order valence-corrected chi connectivity index (χ1v) is 6.90. The van der Waals surface area contributed by atoms with E-state index in [1.807, 2.05) is 18.2 Å². The summed E-state index contributed by atoms with van der Waals surface area (Å²) < 4.78 is 5.90. The molecular weight excluding hydrogens is 254 g/mol. The number of hydrogen-bond donors (Lipinski definition) is 2. The SMILES string of the molecule is CC1CN(Cc2ccccc2C(=O)NN)CC(C)(C)O1. The normalized spacial score (nSPS) is 22.5. The molecule has 0 saturated carbocycles. The molecule has 5 heteroatoms. The van der Waals surface area contributed by atoms with Crippen molar-refractivity contribution in [3.05, 3.63) is 35.4 Å². The number of hydrazine groups is 1. The van der Waals surface area contributed by atoms with Crippen LogP contribution >= 0.6 is 0 Å². The summed E-state index contributed by atoms with van der Waals surface area (Å²) in [7, 11) is 0. The summed E-state index contributed by atoms with van der Waals surface area (Å²) in [5, 5.41) is 0. The van der Waals surface area contributed by atoms with Crippen molar-refractivity contribution in [2.45, 2.75) is 39.0 Å². The molecule has 1 aromatic carbocycles. The van der Waals surface area contributed by atoms with Crippen molar-refractivity contribution in [2.75, 3.05) is 13.1 Å². The minimum absolute atomic E-state index is 0.164. The van der Waals surface area contributed by atoms with Crippen LogP contribution in [0.5, 0.6) is 0 Å². The Balaban J connectivity index is 2.16. The molecule has 5 nitrogen and oxygen atoms in total. The minimum atomic E-state index is -0.249. The van der Waals surface area contributed by atoms with Gasteiger partial charge in [0.1, 0.15) is 0 Å². The van der Waals surface area contributed by atoms with E-state index in [9.17, 15) is 4.79 Å². The number of hydrogen-bond acceptors (Lipinski definition) is 4. The molecular formula is C15H23N3O2. The van der Waals surface area contributed by atoms with Gasteiger partial charge in [0.2, 0.25) is 0 Å². The van der Waals surface area contributed by atoms with Crippen LogP contribution in [0.1, 0.15) is 36.7 Å². The van der Waals surface area contributed by atoms with Crippen LogP contribution in [0.4, 0.5) is 0 Å². The molecule has 0 spiro atoms. The summed E-state index contributed by atoms with van der Waals surface area (Å²) in [5.41, 5.74) is 3.66. The molecule has 0 aromatic heterocycles. The number of nitrogens with one attached hydrogen (secondary N) is 1. The lowest BCUT2D eigenvalue weighted by Crippen LogP contribution is -2.51. The maximum atomic E-state index is 11.8. The topological polar surface area (TPSA) is 67.6 Å². The highest BCUT2D eigenvalue weighted by atomic mass is 16.5. The van der Waals surface area contributed by atoms with E-state index in [0.717, 1.165) is 25.2 Å². The second-order valence-corrected chi connectivity index (χ2v) is 5.99. The van der Waals surface area contributed by atoms with Gasteiger partial charge in [0.25, 0.3) is 5.91 Å². The third kappa shape index (κ3) is 3.56. The number of rotatable bonds is 3. The second-order valence-electron chi connectivity index (χ2n) is 5.99. The van der Waals surface area contributed by atoms with Crippen molar-refractivity contribution >= 4 is 5.91 Å². The minimum Gasteiger partial charge on any atom is -0.370 e. The lowest BCUT2D eigenvalue weighted by molar-refractivity contribution is -0.130. The number of nitrogen functional groups attached to an aromatic ring is 1. The highest BCUT2D eigenvalue weighted by molar-refractivity contribution is 5.95. The summed E-state index contributed by atoms with van der Waals surface area (Å²) in [6.45, 7) is 8.69. The van der Waals surface area contributed by atoms with E-state index in [4.69, 9.17) is 10.6 Å². The van der Waals surface area contributed by atoms with Crippen molar-refractivity contribution < 1.29 is 9.53 Å². The van der Waals surface area contributed by atoms with Crippen LogP contribution in [0.15, 0.2) is 24.3 Å². The monoisotopic (exact) mass is 277 g/mol. The Hall–Kier alpha value is -1.43. The zero-order valence-electron chi connectivity index (χ0n) is 12.3. The predicted molar refractivity (Wildman–Crippen MR) is 78.0 cm³/mol. The van der Waals surface area contributed by atoms with Crippen LogP contribution in [0, 0.1) is 0 Å². The molecule has 0 bridgehead atoms. The van der Waals surface area contributed by atoms with Gasteiger partial charge in [0.05, 0.1) is 11.7 Å². The summed E-state index contributed by atoms with van der Waals surface area (Å²) in [6.07, 6.45) is 0.189. The molecule has 1 aromatic rings. The average molecular weight is 277 g/mol. The Labute approximate surface area is 120 Å². The van der Waals surface area contributed by atoms with E-state index in [1.165, 1.54) is 0 Å². The fraction of sp³-hybridized carbons (Fsp3) is 0.533. The van der Waals surface area contributed by atoms with Crippen molar-refractivity contribution in [1.29, 1.82) is 0 Å². The standard InChI is InChI=1S/C15H23N3O2/c1-11-8-18(10-15(2,3)20-11)9-12-6-4-5-7-13(12)14(19)17-16/h4-7,11H,8-10,16H2,1-3H3,(H,17,19). The fourth-order valence-corrected chi connectivity index (χ4v) is 2.90. The summed E-state index contributed by atoms with van der Waals surface area (Å²) in [4.78, 5) is 14.1. The van der Waals surface area contributed by atoms with Gasteiger partial charge in [-0.3, -0.25) is 15.1 Å². The van der Waals surface area contributed by atoms with Gasteiger partial charge >= 0.3 is 0 Å². The number of morpholine rings is 1. The number of nitrogens with two attached hydrogens (primary N) is 1. The fourth-order valence-electron chi connectivity index (χ4n) is 2.90. The molecule has 20 heavy (non-hydrogen) atoms. The second kappa shape index (κ2) is 5.91. The van der Waals surface area contributed by atoms with Gasteiger partial charge in [-0.15, -0.1) is 0 Å². The lowest BCUT2D eigenvalue weighted by Gasteiger charge is -2.41. The Morgan fingerprint density at radius 3 is 2.85 bits per heavy atom. The first kappa shape index (κ1) is 15.0. The highest BCUT2D eigenvalue weighted by Gasteiger charge is 2.31. The Morgan fingerprint density at radius 2 is 2.20 bits per heavy atom. The van der Waals surface area contributed by atoms with Crippen LogP contribution in [0.3, 0.4) is 0 Å². The van der Waals surface area contributed by atoms with Gasteiger partial charge < -0.3 is 4.74 Å². The number of benzene rings is 1. The van der Waals surface area contributed by atoms with Crippen molar-refractivity contribution in [3.8, 4) is 0 Å². The molecule has 1 amide bonds. The first-order chi connectivity index (χ1) is 9.41. The molecule has 1 aliphatic rings. The van der Waals surface area contributed by atoms with Gasteiger partial charge in [0, 0.05) is 25.2 Å². The smallest absolute Gasteiger partial charge is 0.265 e. The van der Waals surface area contributed by atoms with E-state index < -0.39 is 0 Å². The Kier molecular flexibility index (Phi) is 4.42. The number of carbonyl (C=O) groups excluding carboxylic acids is 1. The molecule has 0 aliphatic carbocycles. The maximum absolute atomic E-state index is 11.8. The molecule has 3 N–H and O–H groups in total. The van der Waals surface area contributed by atoms with Gasteiger partial charge in [-0.25, -0.2) is 5.84 Å². The summed E-state index contributed by atoms with van der Waals surface area (Å²) in [5.74, 6) is 4.99. The van der Waals surface area contributed by atoms with Crippen LogP contribution in [0.25, 0.3) is 0 Å². The Morgan fingerprint density at radius 1 is 1.50 bits per heavy atom. The van der Waals surface area contributed by atoms with Crippen molar-refractivity contribution in [1.82, 2.24) is 10.3 Å². The highest BCUT2D eigenvalue weighted by Crippen LogP contribution is 2.23. The average Bonchev–Trinajstić information content (AvgIpc) is 2.36. The summed E-state index contributed by atoms with van der Waals surface area (Å²) >= 11 is 0. The number of ether oxygens (including phenoxy) is 1.